The van der Waals surface area contributed by atoms with E-state index in [1.807, 2.05) is 48.5 Å². The molecule has 2 aromatic carbocycles. The van der Waals surface area contributed by atoms with Crippen LogP contribution in [0.15, 0.2) is 62.5 Å². The molecule has 118 valence electrons. The molecule has 0 aliphatic carbocycles. The van der Waals surface area contributed by atoms with E-state index < -0.39 is 0 Å². The van der Waals surface area contributed by atoms with Crippen LogP contribution in [0.5, 0.6) is 5.88 Å². The maximum absolute atomic E-state index is 12.5. The molecule has 0 fully saturated rings. The lowest BCUT2D eigenvalue weighted by atomic mass is 10.0. The monoisotopic (exact) mass is 444 g/mol. The number of benzene rings is 2. The van der Waals surface area contributed by atoms with Crippen LogP contribution in [-0.4, -0.2) is 21.7 Å². The number of carbonyl (C=O) groups excluding carboxylic acids is 1. The average molecular weight is 446 g/mol. The molecule has 4 nitrogen and oxygen atoms in total. The zero-order chi connectivity index (χ0) is 16.8. The maximum atomic E-state index is 12.5. The van der Waals surface area contributed by atoms with Crippen LogP contribution in [0.25, 0.3) is 11.3 Å². The molecule has 0 saturated heterocycles. The lowest BCUT2D eigenvalue weighted by Crippen LogP contribution is -1.99. The zero-order valence-electron chi connectivity index (χ0n) is 12.2. The smallest absolute Gasteiger partial charge is 0.280 e. The van der Waals surface area contributed by atoms with Gasteiger partial charge in [0.05, 0.1) is 22.5 Å². The Morgan fingerprint density at radius 2 is 1.54 bits per heavy atom. The van der Waals surface area contributed by atoms with Gasteiger partial charge >= 0.3 is 0 Å². The average Bonchev–Trinajstić information content (AvgIpc) is 3.07. The van der Waals surface area contributed by atoms with E-state index in [-0.39, 0.29) is 11.8 Å². The molecule has 0 atom stereocenters. The first-order valence-corrected chi connectivity index (χ1v) is 8.73. The minimum Gasteiger partial charge on any atom is -0.494 e. The van der Waals surface area contributed by atoms with Crippen molar-refractivity contribution in [2.24, 2.45) is 4.99 Å². The summed E-state index contributed by atoms with van der Waals surface area (Å²) in [6, 6.07) is 15.0. The van der Waals surface area contributed by atoms with Crippen LogP contribution in [0.3, 0.4) is 0 Å². The van der Waals surface area contributed by atoms with Gasteiger partial charge in [-0.1, -0.05) is 56.1 Å². The van der Waals surface area contributed by atoms with Crippen LogP contribution >= 0.6 is 31.9 Å². The van der Waals surface area contributed by atoms with Crippen molar-refractivity contribution < 1.29 is 9.90 Å². The molecule has 0 radical (unpaired) electrons. The summed E-state index contributed by atoms with van der Waals surface area (Å²) in [6.45, 7) is 0. The van der Waals surface area contributed by atoms with Gasteiger partial charge in [-0.25, -0.2) is 4.99 Å². The summed E-state index contributed by atoms with van der Waals surface area (Å²) >= 11 is 6.84. The van der Waals surface area contributed by atoms with Crippen LogP contribution in [0, 0.1) is 0 Å². The zero-order valence-corrected chi connectivity index (χ0v) is 15.3. The van der Waals surface area contributed by atoms with E-state index in [0.717, 1.165) is 20.1 Å². The van der Waals surface area contributed by atoms with Crippen molar-refractivity contribution in [3.05, 3.63) is 74.2 Å². The molecule has 1 amide bonds. The van der Waals surface area contributed by atoms with Gasteiger partial charge in [-0.2, -0.15) is 0 Å². The Bertz CT molecular complexity index is 1020. The first-order valence-electron chi connectivity index (χ1n) is 7.15. The topological polar surface area (TPSA) is 65.4 Å². The minimum absolute atomic E-state index is 0.0513. The molecular weight excluding hydrogens is 436 g/mol. The third kappa shape index (κ3) is 2.42. The van der Waals surface area contributed by atoms with E-state index in [1.165, 1.54) is 0 Å². The van der Waals surface area contributed by atoms with Gasteiger partial charge in [0.1, 0.15) is 0 Å². The van der Waals surface area contributed by atoms with E-state index in [0.29, 0.717) is 22.5 Å². The Morgan fingerprint density at radius 1 is 0.917 bits per heavy atom. The summed E-state index contributed by atoms with van der Waals surface area (Å²) in [5, 5.41) is 10.4. The normalized spacial score (nSPS) is 13.1. The highest BCUT2D eigenvalue weighted by Gasteiger charge is 2.33. The highest BCUT2D eigenvalue weighted by atomic mass is 79.9. The van der Waals surface area contributed by atoms with E-state index in [1.54, 1.807) is 0 Å². The van der Waals surface area contributed by atoms with E-state index >= 15 is 0 Å². The Kier molecular flexibility index (Phi) is 3.66. The fourth-order valence-electron chi connectivity index (χ4n) is 2.85. The summed E-state index contributed by atoms with van der Waals surface area (Å²) in [7, 11) is 0. The number of fused-ring (bicyclic) bond motifs is 1. The van der Waals surface area contributed by atoms with Gasteiger partial charge in [0.25, 0.3) is 5.91 Å². The summed E-state index contributed by atoms with van der Waals surface area (Å²) in [5.74, 6) is -0.406. The van der Waals surface area contributed by atoms with Gasteiger partial charge in [-0.15, -0.1) is 0 Å². The van der Waals surface area contributed by atoms with Crippen molar-refractivity contribution in [3.8, 4) is 17.1 Å². The lowest BCUT2D eigenvalue weighted by molar-refractivity contribution is 0.101. The number of rotatable bonds is 2. The lowest BCUT2D eigenvalue weighted by Gasteiger charge is -2.01. The first kappa shape index (κ1) is 15.4. The molecule has 2 heterocycles. The number of hydrogen-bond acceptors (Lipinski definition) is 2. The van der Waals surface area contributed by atoms with Gasteiger partial charge in [0, 0.05) is 14.5 Å². The number of aromatic amines is 1. The van der Waals surface area contributed by atoms with Crippen molar-refractivity contribution >= 4 is 43.5 Å². The third-order valence-electron chi connectivity index (χ3n) is 3.86. The second-order valence-corrected chi connectivity index (χ2v) is 7.22. The molecule has 6 heteroatoms. The molecule has 4 rings (SSSR count). The number of H-pyrrole nitrogens is 1. The molecule has 0 spiro atoms. The van der Waals surface area contributed by atoms with Crippen LogP contribution < -0.4 is 0 Å². The molecule has 0 saturated carbocycles. The highest BCUT2D eigenvalue weighted by molar-refractivity contribution is 9.10. The number of amides is 1. The van der Waals surface area contributed by atoms with Gasteiger partial charge in [-0.05, 0) is 29.8 Å². The molecule has 2 N–H and O–H groups in total. The highest BCUT2D eigenvalue weighted by Crippen LogP contribution is 2.38. The van der Waals surface area contributed by atoms with Crippen molar-refractivity contribution in [2.45, 2.75) is 0 Å². The number of nitrogens with one attached hydrogen (secondary N) is 1. The first-order chi connectivity index (χ1) is 11.5. The molecule has 3 aromatic rings. The predicted molar refractivity (Wildman–Crippen MR) is 99.7 cm³/mol. The second kappa shape index (κ2) is 5.72. The summed E-state index contributed by atoms with van der Waals surface area (Å²) in [6.07, 6.45) is 0. The van der Waals surface area contributed by atoms with Crippen molar-refractivity contribution in [2.75, 3.05) is 0 Å². The van der Waals surface area contributed by atoms with Gasteiger partial charge in [-0.3, -0.25) is 4.79 Å². The maximum Gasteiger partial charge on any atom is 0.280 e. The van der Waals surface area contributed by atoms with Crippen LogP contribution in [-0.2, 0) is 0 Å². The number of halogens is 2. The van der Waals surface area contributed by atoms with Crippen LogP contribution in [0.4, 0.5) is 0 Å². The molecule has 1 aliphatic rings. The Labute approximate surface area is 154 Å². The SMILES string of the molecule is O=C1N=C(c2cccc(Br)c2)c2c(O)[nH]c(-c3cccc(Br)c3)c21. The van der Waals surface area contributed by atoms with Crippen LogP contribution in [0.2, 0.25) is 0 Å². The Balaban J connectivity index is 1.91. The Hall–Kier alpha value is -2.18. The molecule has 0 unspecified atom stereocenters. The number of nitrogens with zero attached hydrogens (tertiary/aromatic N) is 1. The number of aromatic hydroxyl groups is 1. The summed E-state index contributed by atoms with van der Waals surface area (Å²) < 4.78 is 1.77. The van der Waals surface area contributed by atoms with E-state index in [9.17, 15) is 9.90 Å². The number of carbonyl (C=O) groups is 1. The predicted octanol–water partition coefficient (Wildman–Crippen LogP) is 4.90. The van der Waals surface area contributed by atoms with Crippen LogP contribution in [0.1, 0.15) is 21.5 Å². The van der Waals surface area contributed by atoms with Crippen molar-refractivity contribution in [3.63, 3.8) is 0 Å². The van der Waals surface area contributed by atoms with Gasteiger partial charge in [0.2, 0.25) is 0 Å². The van der Waals surface area contributed by atoms with Crippen molar-refractivity contribution in [1.82, 2.24) is 4.98 Å². The van der Waals surface area contributed by atoms with E-state index in [2.05, 4.69) is 41.8 Å². The number of aliphatic imine (C=N–C) groups is 1. The molecular formula is C18H10Br2N2O2. The molecule has 1 aromatic heterocycles. The second-order valence-electron chi connectivity index (χ2n) is 5.38. The van der Waals surface area contributed by atoms with Crippen molar-refractivity contribution in [1.29, 1.82) is 0 Å². The fourth-order valence-corrected chi connectivity index (χ4v) is 3.65. The number of aromatic nitrogens is 1. The number of hydrogen-bond donors (Lipinski definition) is 2. The third-order valence-corrected chi connectivity index (χ3v) is 4.84. The Morgan fingerprint density at radius 3 is 2.21 bits per heavy atom. The summed E-state index contributed by atoms with van der Waals surface area (Å²) in [5.41, 5.74) is 3.48. The minimum atomic E-state index is -0.355. The molecule has 1 aliphatic heterocycles. The van der Waals surface area contributed by atoms with Gasteiger partial charge in [0.15, 0.2) is 5.88 Å². The molecule has 24 heavy (non-hydrogen) atoms. The van der Waals surface area contributed by atoms with E-state index in [4.69, 9.17) is 0 Å². The quantitative estimate of drug-likeness (QED) is 0.588. The van der Waals surface area contributed by atoms with Gasteiger partial charge < -0.3 is 10.1 Å². The fraction of sp³-hybridized carbons (Fsp3) is 0. The summed E-state index contributed by atoms with van der Waals surface area (Å²) in [4.78, 5) is 19.6. The molecule has 0 bridgehead atoms. The standard InChI is InChI=1S/C18H10Br2N2O2/c19-11-5-1-3-9(7-11)15-13-14(18(24)21-15)16(22-17(13)23)10-4-2-6-12(20)8-10/h1-8,21,24H. The largest absolute Gasteiger partial charge is 0.494 e.